The predicted molar refractivity (Wildman–Crippen MR) is 219 cm³/mol. The van der Waals surface area contributed by atoms with E-state index in [1.54, 1.807) is 45.0 Å². The molecule has 17 heteroatoms. The Morgan fingerprint density at radius 2 is 1.78 bits per heavy atom. The molecule has 1 aliphatic heterocycles. The lowest BCUT2D eigenvalue weighted by Crippen LogP contribution is -2.63. The fourth-order valence-electron chi connectivity index (χ4n) is 7.59. The van der Waals surface area contributed by atoms with Gasteiger partial charge in [-0.25, -0.2) is 18.2 Å². The Hall–Kier alpha value is -5.97. The second-order valence-corrected chi connectivity index (χ2v) is 18.1. The maximum Gasteiger partial charge on any atom is 0.408 e. The summed E-state index contributed by atoms with van der Waals surface area (Å²) in [5, 5.41) is 13.2. The Bertz CT molecular complexity index is 2290. The number of rotatable bonds is 15. The molecule has 2 saturated carbocycles. The smallest absolute Gasteiger partial charge is 0.408 e. The lowest BCUT2D eigenvalue weighted by Gasteiger charge is -2.42. The van der Waals surface area contributed by atoms with Gasteiger partial charge in [0.15, 0.2) is 0 Å². The Labute approximate surface area is 343 Å². The molecule has 0 spiro atoms. The predicted octanol–water partition coefficient (Wildman–Crippen LogP) is 3.72. The summed E-state index contributed by atoms with van der Waals surface area (Å²) < 4.78 is 39.9. The van der Waals surface area contributed by atoms with E-state index in [0.717, 1.165) is 21.4 Å². The molecule has 59 heavy (non-hydrogen) atoms. The average molecular weight is 831 g/mol. The van der Waals surface area contributed by atoms with Crippen LogP contribution >= 0.6 is 0 Å². The molecular weight excluding hydrogens is 781 g/mol. The summed E-state index contributed by atoms with van der Waals surface area (Å²) in [4.78, 5) is 76.9. The van der Waals surface area contributed by atoms with Gasteiger partial charge < -0.3 is 29.7 Å². The number of methoxy groups -OCH3 is 1. The SMILES string of the molecule is C=CC(=O)N(C)C[C@@H](C(=O)N1C[C@H](Oc2cc(-c3ccccc3)nc3cc(OC)ccc23)C[C@H]1C(=O)N[C@]1(C(=O)NS(=O)(=O)C2CC2)C[C@H]1C=C)N(C(=O)O)C(C)(C)C. The zero-order valence-corrected chi connectivity index (χ0v) is 34.5. The van der Waals surface area contributed by atoms with Crippen molar-refractivity contribution in [3.05, 3.63) is 79.9 Å². The Kier molecular flexibility index (Phi) is 11.8. The molecule has 0 bridgehead atoms. The van der Waals surface area contributed by atoms with E-state index in [0.29, 0.717) is 40.9 Å². The third-order valence-corrected chi connectivity index (χ3v) is 12.8. The second kappa shape index (κ2) is 16.4. The quantitative estimate of drug-likeness (QED) is 0.149. The molecule has 3 aliphatic rings. The molecular formula is C42H50N6O10S. The number of hydrogen-bond donors (Lipinski definition) is 3. The molecule has 1 aromatic heterocycles. The highest BCUT2D eigenvalue weighted by Gasteiger charge is 2.62. The molecule has 5 amide bonds. The Morgan fingerprint density at radius 3 is 2.36 bits per heavy atom. The van der Waals surface area contributed by atoms with Gasteiger partial charge in [-0.05, 0) is 58.2 Å². The van der Waals surface area contributed by atoms with Gasteiger partial charge in [0.2, 0.25) is 27.7 Å². The van der Waals surface area contributed by atoms with Crippen molar-refractivity contribution in [1.82, 2.24) is 29.7 Å². The van der Waals surface area contributed by atoms with E-state index in [2.05, 4.69) is 23.2 Å². The maximum absolute atomic E-state index is 14.9. The van der Waals surface area contributed by atoms with E-state index in [1.165, 1.54) is 25.1 Å². The van der Waals surface area contributed by atoms with Crippen molar-refractivity contribution in [1.29, 1.82) is 0 Å². The number of sulfonamides is 1. The van der Waals surface area contributed by atoms with Crippen molar-refractivity contribution in [3.8, 4) is 22.8 Å². The standard InChI is InChI=1S/C42H50N6O10S/c1-8-26-22-42(26,39(52)45-59(55,56)29-16-17-29)44-37(50)33-20-28(23-47(33)38(51)34(24-46(6)36(49)9-2)48(40(53)54)41(3,4)5)58-35-21-31(25-13-11-10-12-14-25)43-32-19-27(57-7)15-18-30(32)35/h8-15,18-19,21,26,28-29,33-34H,1-2,16-17,20,22-24H2,3-7H3,(H,44,50)(H,45,52)(H,53,54)/t26-,28-,33+,34+,42-/m1/s1. The molecule has 0 radical (unpaired) electrons. The van der Waals surface area contributed by atoms with Crippen LogP contribution in [0.25, 0.3) is 22.2 Å². The van der Waals surface area contributed by atoms with Crippen LogP contribution in [-0.2, 0) is 29.2 Å². The highest BCUT2D eigenvalue weighted by Crippen LogP contribution is 2.46. The lowest BCUT2D eigenvalue weighted by molar-refractivity contribution is -0.145. The van der Waals surface area contributed by atoms with Crippen LogP contribution in [0, 0.1) is 5.92 Å². The lowest BCUT2D eigenvalue weighted by atomic mass is 10.0. The minimum Gasteiger partial charge on any atom is -0.497 e. The molecule has 16 nitrogen and oxygen atoms in total. The monoisotopic (exact) mass is 830 g/mol. The van der Waals surface area contributed by atoms with E-state index >= 15 is 0 Å². The highest BCUT2D eigenvalue weighted by atomic mass is 32.2. The number of benzene rings is 2. The van der Waals surface area contributed by atoms with E-state index < -0.39 is 80.2 Å². The van der Waals surface area contributed by atoms with Gasteiger partial charge >= 0.3 is 6.09 Å². The summed E-state index contributed by atoms with van der Waals surface area (Å²) >= 11 is 0. The number of amides is 5. The summed E-state index contributed by atoms with van der Waals surface area (Å²) in [5.74, 6) is -2.71. The van der Waals surface area contributed by atoms with Gasteiger partial charge in [-0.15, -0.1) is 6.58 Å². The second-order valence-electron chi connectivity index (χ2n) is 16.2. The molecule has 0 unspecified atom stereocenters. The summed E-state index contributed by atoms with van der Waals surface area (Å²) in [6.45, 7) is 11.5. The summed E-state index contributed by atoms with van der Waals surface area (Å²) in [6.07, 6.45) is 0.989. The number of nitrogens with one attached hydrogen (secondary N) is 2. The molecule has 1 saturated heterocycles. The first kappa shape index (κ1) is 42.6. The van der Waals surface area contributed by atoms with Gasteiger partial charge in [-0.1, -0.05) is 43.0 Å². The minimum atomic E-state index is -3.98. The van der Waals surface area contributed by atoms with Gasteiger partial charge in [-0.3, -0.25) is 28.8 Å². The number of ether oxygens (including phenoxy) is 2. The van der Waals surface area contributed by atoms with Crippen LogP contribution in [0.2, 0.25) is 0 Å². The summed E-state index contributed by atoms with van der Waals surface area (Å²) in [7, 11) is -1.03. The van der Waals surface area contributed by atoms with Gasteiger partial charge in [0.05, 0.1) is 36.7 Å². The zero-order chi connectivity index (χ0) is 43.0. The van der Waals surface area contributed by atoms with E-state index in [4.69, 9.17) is 14.5 Å². The number of likely N-dealkylation sites (N-methyl/N-ethyl adjacent to an activating group) is 1. The van der Waals surface area contributed by atoms with Crippen molar-refractivity contribution in [2.45, 2.75) is 81.0 Å². The van der Waals surface area contributed by atoms with Crippen LogP contribution in [0.4, 0.5) is 4.79 Å². The fraction of sp³-hybridized carbons (Fsp3) is 0.429. The first-order valence-electron chi connectivity index (χ1n) is 19.2. The zero-order valence-electron chi connectivity index (χ0n) is 33.7. The molecule has 6 rings (SSSR count). The average Bonchev–Trinajstić information content (AvgIpc) is 4.13. The van der Waals surface area contributed by atoms with Crippen LogP contribution in [-0.4, -0.2) is 125 Å². The number of carboxylic acid groups (broad SMARTS) is 1. The van der Waals surface area contributed by atoms with E-state index in [-0.39, 0.29) is 25.9 Å². The van der Waals surface area contributed by atoms with Crippen LogP contribution in [0.5, 0.6) is 11.5 Å². The number of carbonyl (C=O) groups is 5. The number of nitrogens with zero attached hydrogens (tertiary/aromatic N) is 4. The molecule has 2 aromatic carbocycles. The van der Waals surface area contributed by atoms with Crippen LogP contribution in [0.15, 0.2) is 79.9 Å². The fourth-order valence-corrected chi connectivity index (χ4v) is 8.95. The van der Waals surface area contributed by atoms with E-state index in [9.17, 15) is 37.5 Å². The van der Waals surface area contributed by atoms with Crippen LogP contribution in [0.3, 0.4) is 0 Å². The molecule has 3 N–H and O–H groups in total. The third-order valence-electron chi connectivity index (χ3n) is 11.0. The van der Waals surface area contributed by atoms with Crippen molar-refractivity contribution < 1.29 is 47.0 Å². The van der Waals surface area contributed by atoms with Gasteiger partial charge in [0, 0.05) is 48.0 Å². The van der Waals surface area contributed by atoms with Gasteiger partial charge in [0.25, 0.3) is 5.91 Å². The number of hydrogen-bond acceptors (Lipinski definition) is 10. The third kappa shape index (κ3) is 8.89. The van der Waals surface area contributed by atoms with Crippen LogP contribution < -0.4 is 19.5 Å². The molecule has 2 heterocycles. The number of aromatic nitrogens is 1. The van der Waals surface area contributed by atoms with Crippen molar-refractivity contribution in [2.75, 3.05) is 27.2 Å². The first-order valence-corrected chi connectivity index (χ1v) is 20.8. The van der Waals surface area contributed by atoms with E-state index in [1.807, 2.05) is 30.3 Å². The Balaban J connectivity index is 1.40. The number of fused-ring (bicyclic) bond motifs is 1. The normalized spacial score (nSPS) is 21.8. The first-order chi connectivity index (χ1) is 27.8. The summed E-state index contributed by atoms with van der Waals surface area (Å²) in [6, 6.07) is 13.6. The van der Waals surface area contributed by atoms with Crippen molar-refractivity contribution in [2.24, 2.45) is 5.92 Å². The maximum atomic E-state index is 14.9. The molecule has 3 aromatic rings. The number of likely N-dealkylation sites (tertiary alicyclic amines) is 1. The molecule has 5 atom stereocenters. The van der Waals surface area contributed by atoms with Gasteiger partial charge in [0.1, 0.15) is 35.2 Å². The molecule has 2 aliphatic carbocycles. The summed E-state index contributed by atoms with van der Waals surface area (Å²) in [5.41, 5.74) is -0.877. The van der Waals surface area contributed by atoms with Crippen LogP contribution in [0.1, 0.15) is 46.5 Å². The number of carbonyl (C=O) groups excluding carboxylic acids is 4. The highest BCUT2D eigenvalue weighted by molar-refractivity contribution is 7.91. The molecule has 3 fully saturated rings. The number of pyridine rings is 1. The minimum absolute atomic E-state index is 0.0670. The van der Waals surface area contributed by atoms with Crippen molar-refractivity contribution >= 4 is 50.6 Å². The van der Waals surface area contributed by atoms with Gasteiger partial charge in [-0.2, -0.15) is 0 Å². The largest absolute Gasteiger partial charge is 0.497 e. The Morgan fingerprint density at radius 1 is 1.08 bits per heavy atom. The topological polar surface area (TPSA) is 205 Å². The molecule has 314 valence electrons. The van der Waals surface area contributed by atoms with Crippen molar-refractivity contribution in [3.63, 3.8) is 0 Å².